The van der Waals surface area contributed by atoms with Gasteiger partial charge in [-0.05, 0) is 0 Å². The standard InChI is InChI=1S/C8H5F3N2O6/c9-8(10,11)19-4-2-12-3(1-5(14)15)7(16)6(4)13(17)18/h2,16H,1H2,(H,14,15). The van der Waals surface area contributed by atoms with E-state index in [0.717, 1.165) is 0 Å². The first kappa shape index (κ1) is 14.5. The summed E-state index contributed by atoms with van der Waals surface area (Å²) in [5.41, 5.74) is -2.04. The molecule has 0 aliphatic heterocycles. The lowest BCUT2D eigenvalue weighted by atomic mass is 10.2. The average Bonchev–Trinajstić information content (AvgIpc) is 2.19. The summed E-state index contributed by atoms with van der Waals surface area (Å²) in [6.45, 7) is 0. The van der Waals surface area contributed by atoms with Crippen LogP contribution in [0.25, 0.3) is 0 Å². The number of ether oxygens (including phenoxy) is 1. The third-order valence-electron chi connectivity index (χ3n) is 1.80. The number of nitro groups is 1. The van der Waals surface area contributed by atoms with E-state index >= 15 is 0 Å². The lowest BCUT2D eigenvalue weighted by molar-refractivity contribution is -0.389. The number of carbonyl (C=O) groups is 1. The Hall–Kier alpha value is -2.59. The van der Waals surface area contributed by atoms with Crippen LogP contribution in [0.3, 0.4) is 0 Å². The molecule has 1 heterocycles. The number of carboxylic acid groups (broad SMARTS) is 1. The predicted molar refractivity (Wildman–Crippen MR) is 50.6 cm³/mol. The van der Waals surface area contributed by atoms with Crippen LogP contribution in [0.1, 0.15) is 5.69 Å². The van der Waals surface area contributed by atoms with E-state index in [0.29, 0.717) is 6.20 Å². The van der Waals surface area contributed by atoms with Crippen molar-refractivity contribution in [3.63, 3.8) is 0 Å². The van der Waals surface area contributed by atoms with E-state index in [-0.39, 0.29) is 0 Å². The van der Waals surface area contributed by atoms with E-state index < -0.39 is 46.6 Å². The normalized spacial score (nSPS) is 11.1. The van der Waals surface area contributed by atoms with Gasteiger partial charge in [0.2, 0.25) is 11.5 Å². The van der Waals surface area contributed by atoms with E-state index in [1.165, 1.54) is 0 Å². The zero-order valence-electron chi connectivity index (χ0n) is 8.84. The van der Waals surface area contributed by atoms with Crippen LogP contribution < -0.4 is 4.74 Å². The highest BCUT2D eigenvalue weighted by Gasteiger charge is 2.37. The number of aliphatic carboxylic acids is 1. The van der Waals surface area contributed by atoms with Crippen LogP contribution in [-0.2, 0) is 11.2 Å². The molecule has 1 rings (SSSR count). The Kier molecular flexibility index (Phi) is 3.77. The van der Waals surface area contributed by atoms with Crippen LogP contribution >= 0.6 is 0 Å². The molecule has 0 aliphatic carbocycles. The largest absolute Gasteiger partial charge is 0.573 e. The Morgan fingerprint density at radius 2 is 2.11 bits per heavy atom. The second kappa shape index (κ2) is 4.96. The van der Waals surface area contributed by atoms with E-state index in [9.17, 15) is 33.2 Å². The summed E-state index contributed by atoms with van der Waals surface area (Å²) in [5.74, 6) is -4.08. The van der Waals surface area contributed by atoms with Crippen LogP contribution in [0.15, 0.2) is 6.20 Å². The Morgan fingerprint density at radius 1 is 1.53 bits per heavy atom. The van der Waals surface area contributed by atoms with Gasteiger partial charge in [0.1, 0.15) is 5.69 Å². The van der Waals surface area contributed by atoms with Crippen molar-refractivity contribution in [1.82, 2.24) is 4.98 Å². The van der Waals surface area contributed by atoms with Crippen molar-refractivity contribution in [2.24, 2.45) is 0 Å². The highest BCUT2D eigenvalue weighted by molar-refractivity contribution is 5.72. The number of rotatable bonds is 4. The van der Waals surface area contributed by atoms with Gasteiger partial charge in [-0.1, -0.05) is 0 Å². The second-order valence-corrected chi connectivity index (χ2v) is 3.14. The molecule has 2 N–H and O–H groups in total. The van der Waals surface area contributed by atoms with Crippen LogP contribution in [0.2, 0.25) is 0 Å². The van der Waals surface area contributed by atoms with E-state index in [1.807, 2.05) is 0 Å². The number of pyridine rings is 1. The Bertz CT molecular complexity index is 530. The van der Waals surface area contributed by atoms with Gasteiger partial charge in [-0.25, -0.2) is 0 Å². The summed E-state index contributed by atoms with van der Waals surface area (Å²) in [5, 5.41) is 28.4. The van der Waals surface area contributed by atoms with Gasteiger partial charge in [-0.2, -0.15) is 0 Å². The molecule has 8 nitrogen and oxygen atoms in total. The Morgan fingerprint density at radius 3 is 2.53 bits per heavy atom. The second-order valence-electron chi connectivity index (χ2n) is 3.14. The molecule has 0 atom stereocenters. The van der Waals surface area contributed by atoms with Crippen molar-refractivity contribution in [3.05, 3.63) is 22.0 Å². The summed E-state index contributed by atoms with van der Waals surface area (Å²) in [7, 11) is 0. The highest BCUT2D eigenvalue weighted by atomic mass is 19.4. The van der Waals surface area contributed by atoms with E-state index in [1.54, 1.807) is 0 Å². The monoisotopic (exact) mass is 282 g/mol. The summed E-state index contributed by atoms with van der Waals surface area (Å²) in [6, 6.07) is 0. The third kappa shape index (κ3) is 3.69. The van der Waals surface area contributed by atoms with Gasteiger partial charge in [0, 0.05) is 0 Å². The van der Waals surface area contributed by atoms with Crippen LogP contribution in [-0.4, -0.2) is 32.5 Å². The molecule has 0 spiro atoms. The first-order chi connectivity index (χ1) is 8.61. The molecule has 104 valence electrons. The summed E-state index contributed by atoms with van der Waals surface area (Å²) in [6.07, 6.45) is -5.78. The fourth-order valence-electron chi connectivity index (χ4n) is 1.16. The number of alkyl halides is 3. The molecule has 1 aromatic heterocycles. The lowest BCUT2D eigenvalue weighted by Crippen LogP contribution is -2.18. The summed E-state index contributed by atoms with van der Waals surface area (Å²) >= 11 is 0. The predicted octanol–water partition coefficient (Wildman–Crippen LogP) is 1.22. The minimum absolute atomic E-state index is 0.323. The molecule has 0 bridgehead atoms. The minimum Gasteiger partial charge on any atom is -0.501 e. The minimum atomic E-state index is -5.22. The number of aromatic hydroxyl groups is 1. The zero-order valence-corrected chi connectivity index (χ0v) is 8.84. The van der Waals surface area contributed by atoms with Crippen LogP contribution in [0, 0.1) is 10.1 Å². The quantitative estimate of drug-likeness (QED) is 0.628. The molecule has 0 radical (unpaired) electrons. The topological polar surface area (TPSA) is 123 Å². The van der Waals surface area contributed by atoms with Crippen molar-refractivity contribution in [2.75, 3.05) is 0 Å². The molecular formula is C8H5F3N2O6. The van der Waals surface area contributed by atoms with Crippen molar-refractivity contribution in [3.8, 4) is 11.5 Å². The number of nitrogens with zero attached hydrogens (tertiary/aromatic N) is 2. The van der Waals surface area contributed by atoms with Crippen molar-refractivity contribution in [2.45, 2.75) is 12.8 Å². The number of aromatic nitrogens is 1. The molecule has 0 saturated heterocycles. The van der Waals surface area contributed by atoms with Gasteiger partial charge >= 0.3 is 18.0 Å². The van der Waals surface area contributed by atoms with Gasteiger partial charge in [0.25, 0.3) is 0 Å². The maximum Gasteiger partial charge on any atom is 0.573 e. The number of carboxylic acids is 1. The van der Waals surface area contributed by atoms with Crippen molar-refractivity contribution >= 4 is 11.7 Å². The summed E-state index contributed by atoms with van der Waals surface area (Å²) < 4.78 is 39.3. The van der Waals surface area contributed by atoms with Crippen LogP contribution in [0.5, 0.6) is 11.5 Å². The molecule has 0 aromatic carbocycles. The molecule has 0 saturated carbocycles. The highest BCUT2D eigenvalue weighted by Crippen LogP contribution is 2.39. The molecule has 0 fully saturated rings. The van der Waals surface area contributed by atoms with Gasteiger partial charge in [-0.15, -0.1) is 13.2 Å². The number of hydrogen-bond donors (Lipinski definition) is 2. The SMILES string of the molecule is O=C(O)Cc1ncc(OC(F)(F)F)c([N+](=O)[O-])c1O. The Labute approximate surface area is 102 Å². The van der Waals surface area contributed by atoms with Gasteiger partial charge in [0.05, 0.1) is 17.5 Å². The fourth-order valence-corrected chi connectivity index (χ4v) is 1.16. The molecule has 11 heteroatoms. The number of halogens is 3. The smallest absolute Gasteiger partial charge is 0.501 e. The van der Waals surface area contributed by atoms with E-state index in [2.05, 4.69) is 9.72 Å². The fraction of sp³-hybridized carbons (Fsp3) is 0.250. The van der Waals surface area contributed by atoms with Gasteiger partial charge in [0.15, 0.2) is 0 Å². The molecule has 19 heavy (non-hydrogen) atoms. The number of hydrogen-bond acceptors (Lipinski definition) is 6. The third-order valence-corrected chi connectivity index (χ3v) is 1.80. The van der Waals surface area contributed by atoms with Crippen molar-refractivity contribution < 1.29 is 37.8 Å². The van der Waals surface area contributed by atoms with Gasteiger partial charge in [-0.3, -0.25) is 19.9 Å². The molecular weight excluding hydrogens is 277 g/mol. The maximum atomic E-state index is 12.0. The molecule has 0 aliphatic rings. The Balaban J connectivity index is 3.32. The molecule has 1 aromatic rings. The maximum absolute atomic E-state index is 12.0. The lowest BCUT2D eigenvalue weighted by Gasteiger charge is -2.10. The molecule has 0 unspecified atom stereocenters. The average molecular weight is 282 g/mol. The van der Waals surface area contributed by atoms with Gasteiger partial charge < -0.3 is 14.9 Å². The molecule has 0 amide bonds. The first-order valence-corrected chi connectivity index (χ1v) is 4.44. The first-order valence-electron chi connectivity index (χ1n) is 4.44. The van der Waals surface area contributed by atoms with E-state index in [4.69, 9.17) is 5.11 Å². The summed E-state index contributed by atoms with van der Waals surface area (Å²) in [4.78, 5) is 22.8. The van der Waals surface area contributed by atoms with Crippen molar-refractivity contribution in [1.29, 1.82) is 0 Å². The van der Waals surface area contributed by atoms with Crippen LogP contribution in [0.4, 0.5) is 18.9 Å². The zero-order chi connectivity index (χ0) is 14.8.